The maximum Gasteiger partial charge on any atom is 0.128 e. The molecule has 1 heterocycles. The highest BCUT2D eigenvalue weighted by molar-refractivity contribution is 5.51. The summed E-state index contributed by atoms with van der Waals surface area (Å²) in [7, 11) is 0. The lowest BCUT2D eigenvalue weighted by molar-refractivity contribution is 0.310. The molecule has 1 aliphatic rings. The van der Waals surface area contributed by atoms with Crippen molar-refractivity contribution < 1.29 is 4.74 Å². The standard InChI is InChI=1S/C14H21NO/c1-5-15-12-8-16-14-11(9(2)3)7-6-10(4)13(12)14/h6-7,9,12,15H,5,8H2,1-4H3. The van der Waals surface area contributed by atoms with E-state index in [-0.39, 0.29) is 0 Å². The fourth-order valence-corrected chi connectivity index (χ4v) is 2.42. The largest absolute Gasteiger partial charge is 0.491 e. The van der Waals surface area contributed by atoms with Gasteiger partial charge in [-0.15, -0.1) is 0 Å². The van der Waals surface area contributed by atoms with Crippen LogP contribution in [0.2, 0.25) is 0 Å². The van der Waals surface area contributed by atoms with Crippen molar-refractivity contribution in [1.82, 2.24) is 5.32 Å². The molecule has 0 bridgehead atoms. The molecule has 16 heavy (non-hydrogen) atoms. The Kier molecular flexibility index (Phi) is 3.20. The van der Waals surface area contributed by atoms with Crippen LogP contribution >= 0.6 is 0 Å². The normalized spacial score (nSPS) is 18.7. The number of hydrogen-bond acceptors (Lipinski definition) is 2. The van der Waals surface area contributed by atoms with Crippen LogP contribution in [0.4, 0.5) is 0 Å². The molecule has 1 aliphatic heterocycles. The van der Waals surface area contributed by atoms with Crippen molar-refractivity contribution in [3.05, 3.63) is 28.8 Å². The number of fused-ring (bicyclic) bond motifs is 1. The number of likely N-dealkylation sites (N-methyl/N-ethyl adjacent to an activating group) is 1. The van der Waals surface area contributed by atoms with Gasteiger partial charge in [-0.05, 0) is 30.5 Å². The van der Waals surface area contributed by atoms with Gasteiger partial charge in [0.2, 0.25) is 0 Å². The van der Waals surface area contributed by atoms with Crippen molar-refractivity contribution in [2.24, 2.45) is 0 Å². The van der Waals surface area contributed by atoms with Gasteiger partial charge >= 0.3 is 0 Å². The molecule has 0 radical (unpaired) electrons. The molecular weight excluding hydrogens is 198 g/mol. The smallest absolute Gasteiger partial charge is 0.128 e. The zero-order valence-electron chi connectivity index (χ0n) is 10.6. The Morgan fingerprint density at radius 3 is 2.81 bits per heavy atom. The van der Waals surface area contributed by atoms with Crippen LogP contribution in [0.15, 0.2) is 12.1 Å². The minimum absolute atomic E-state index is 0.374. The first-order chi connectivity index (χ1) is 7.65. The summed E-state index contributed by atoms with van der Waals surface area (Å²) in [5.41, 5.74) is 4.04. The number of benzene rings is 1. The maximum absolute atomic E-state index is 5.87. The molecule has 1 aromatic rings. The van der Waals surface area contributed by atoms with Gasteiger partial charge in [0.15, 0.2) is 0 Å². The van der Waals surface area contributed by atoms with E-state index in [1.807, 2.05) is 0 Å². The number of nitrogens with one attached hydrogen (secondary N) is 1. The lowest BCUT2D eigenvalue weighted by Crippen LogP contribution is -2.22. The molecule has 1 atom stereocenters. The zero-order chi connectivity index (χ0) is 11.7. The molecule has 1 unspecified atom stereocenters. The lowest BCUT2D eigenvalue weighted by atomic mass is 9.94. The van der Waals surface area contributed by atoms with Gasteiger partial charge in [-0.2, -0.15) is 0 Å². The van der Waals surface area contributed by atoms with Crippen LogP contribution in [0.5, 0.6) is 5.75 Å². The highest BCUT2D eigenvalue weighted by Crippen LogP contribution is 2.40. The Bertz CT molecular complexity index is 385. The van der Waals surface area contributed by atoms with Gasteiger partial charge in [0.1, 0.15) is 12.4 Å². The van der Waals surface area contributed by atoms with Crippen molar-refractivity contribution in [1.29, 1.82) is 0 Å². The summed E-state index contributed by atoms with van der Waals surface area (Å²) in [4.78, 5) is 0. The Labute approximate surface area is 98.0 Å². The molecule has 1 aromatic carbocycles. The van der Waals surface area contributed by atoms with Gasteiger partial charge in [0.25, 0.3) is 0 Å². The van der Waals surface area contributed by atoms with E-state index < -0.39 is 0 Å². The van der Waals surface area contributed by atoms with Gasteiger partial charge < -0.3 is 10.1 Å². The highest BCUT2D eigenvalue weighted by Gasteiger charge is 2.28. The SMILES string of the molecule is CCNC1COc2c(C(C)C)ccc(C)c21. The van der Waals surface area contributed by atoms with E-state index >= 15 is 0 Å². The van der Waals surface area contributed by atoms with Crippen LogP contribution in [0.1, 0.15) is 49.4 Å². The number of rotatable bonds is 3. The molecule has 0 saturated heterocycles. The predicted octanol–water partition coefficient (Wildman–Crippen LogP) is 3.16. The van der Waals surface area contributed by atoms with E-state index in [2.05, 4.69) is 45.1 Å². The lowest BCUT2D eigenvalue weighted by Gasteiger charge is -2.14. The summed E-state index contributed by atoms with van der Waals surface area (Å²) in [5.74, 6) is 1.65. The average molecular weight is 219 g/mol. The average Bonchev–Trinajstić information content (AvgIpc) is 2.63. The first-order valence-electron chi connectivity index (χ1n) is 6.14. The van der Waals surface area contributed by atoms with E-state index in [4.69, 9.17) is 4.74 Å². The summed E-state index contributed by atoms with van der Waals surface area (Å²) in [6.07, 6.45) is 0. The summed E-state index contributed by atoms with van der Waals surface area (Å²) in [5, 5.41) is 3.48. The molecule has 2 heteroatoms. The minimum atomic E-state index is 0.374. The topological polar surface area (TPSA) is 21.3 Å². The number of hydrogen-bond donors (Lipinski definition) is 1. The van der Waals surface area contributed by atoms with Gasteiger partial charge in [-0.1, -0.05) is 32.9 Å². The molecule has 0 saturated carbocycles. The van der Waals surface area contributed by atoms with Crippen LogP contribution in [-0.2, 0) is 0 Å². The van der Waals surface area contributed by atoms with Gasteiger partial charge in [-0.3, -0.25) is 0 Å². The number of aryl methyl sites for hydroxylation is 1. The van der Waals surface area contributed by atoms with Crippen molar-refractivity contribution in [2.75, 3.05) is 13.2 Å². The van der Waals surface area contributed by atoms with E-state index in [9.17, 15) is 0 Å². The summed E-state index contributed by atoms with van der Waals surface area (Å²) in [6, 6.07) is 4.79. The minimum Gasteiger partial charge on any atom is -0.491 e. The van der Waals surface area contributed by atoms with Crippen LogP contribution in [-0.4, -0.2) is 13.2 Å². The molecule has 1 N–H and O–H groups in total. The fraction of sp³-hybridized carbons (Fsp3) is 0.571. The van der Waals surface area contributed by atoms with Gasteiger partial charge in [0, 0.05) is 5.56 Å². The van der Waals surface area contributed by atoms with Crippen molar-refractivity contribution in [3.8, 4) is 5.75 Å². The fourth-order valence-electron chi connectivity index (χ4n) is 2.42. The van der Waals surface area contributed by atoms with E-state index in [0.717, 1.165) is 18.9 Å². The molecular formula is C14H21NO. The first kappa shape index (κ1) is 11.5. The van der Waals surface area contributed by atoms with Crippen LogP contribution in [0.25, 0.3) is 0 Å². The van der Waals surface area contributed by atoms with Crippen LogP contribution in [0, 0.1) is 6.92 Å². The molecule has 2 rings (SSSR count). The van der Waals surface area contributed by atoms with E-state index in [1.54, 1.807) is 0 Å². The molecule has 0 aliphatic carbocycles. The van der Waals surface area contributed by atoms with Gasteiger partial charge in [0.05, 0.1) is 6.04 Å². The quantitative estimate of drug-likeness (QED) is 0.843. The van der Waals surface area contributed by atoms with Gasteiger partial charge in [-0.25, -0.2) is 0 Å². The predicted molar refractivity (Wildman–Crippen MR) is 67.2 cm³/mol. The molecule has 0 spiro atoms. The Balaban J connectivity index is 2.45. The van der Waals surface area contributed by atoms with Crippen LogP contribution in [0.3, 0.4) is 0 Å². The molecule has 88 valence electrons. The monoisotopic (exact) mass is 219 g/mol. The van der Waals surface area contributed by atoms with E-state index in [0.29, 0.717) is 12.0 Å². The Morgan fingerprint density at radius 1 is 1.44 bits per heavy atom. The third-order valence-corrected chi connectivity index (χ3v) is 3.26. The highest BCUT2D eigenvalue weighted by atomic mass is 16.5. The summed E-state index contributed by atoms with van der Waals surface area (Å²) < 4.78 is 5.87. The summed E-state index contributed by atoms with van der Waals surface area (Å²) in [6.45, 7) is 10.5. The molecule has 2 nitrogen and oxygen atoms in total. The number of ether oxygens (including phenoxy) is 1. The molecule has 0 aromatic heterocycles. The first-order valence-corrected chi connectivity index (χ1v) is 6.14. The Morgan fingerprint density at radius 2 is 2.19 bits per heavy atom. The van der Waals surface area contributed by atoms with E-state index in [1.165, 1.54) is 16.7 Å². The zero-order valence-corrected chi connectivity index (χ0v) is 10.6. The summed E-state index contributed by atoms with van der Waals surface area (Å²) >= 11 is 0. The second-order valence-electron chi connectivity index (χ2n) is 4.79. The van der Waals surface area contributed by atoms with Crippen molar-refractivity contribution >= 4 is 0 Å². The maximum atomic E-state index is 5.87. The second-order valence-corrected chi connectivity index (χ2v) is 4.79. The third-order valence-electron chi connectivity index (χ3n) is 3.26. The third kappa shape index (κ3) is 1.82. The second kappa shape index (κ2) is 4.46. The molecule has 0 amide bonds. The van der Waals surface area contributed by atoms with Crippen molar-refractivity contribution in [2.45, 2.75) is 39.7 Å². The Hall–Kier alpha value is -1.02. The molecule has 0 fully saturated rings. The van der Waals surface area contributed by atoms with Crippen molar-refractivity contribution in [3.63, 3.8) is 0 Å². The van der Waals surface area contributed by atoms with Crippen LogP contribution < -0.4 is 10.1 Å².